The van der Waals surface area contributed by atoms with Crippen molar-refractivity contribution in [3.63, 3.8) is 0 Å². The Labute approximate surface area is 95.3 Å². The zero-order valence-corrected chi connectivity index (χ0v) is 9.57. The molecule has 0 amide bonds. The number of imidazole rings is 1. The van der Waals surface area contributed by atoms with Gasteiger partial charge in [0.25, 0.3) is 0 Å². The summed E-state index contributed by atoms with van der Waals surface area (Å²) in [4.78, 5) is 15.3. The van der Waals surface area contributed by atoms with Crippen LogP contribution in [0.2, 0.25) is 0 Å². The summed E-state index contributed by atoms with van der Waals surface area (Å²) in [7, 11) is 0. The number of aldehydes is 1. The van der Waals surface area contributed by atoms with E-state index in [0.717, 1.165) is 22.1 Å². The lowest BCUT2D eigenvalue weighted by atomic mass is 10.3. The van der Waals surface area contributed by atoms with Gasteiger partial charge < -0.3 is 4.40 Å². The minimum absolute atomic E-state index is 0.542. The van der Waals surface area contributed by atoms with Crippen LogP contribution < -0.4 is 0 Å². The fraction of sp³-hybridized carbons (Fsp3) is 0.273. The molecule has 2 aromatic heterocycles. The summed E-state index contributed by atoms with van der Waals surface area (Å²) in [6, 6.07) is 3.85. The normalized spacial score (nSPS) is 15.8. The van der Waals surface area contributed by atoms with Crippen LogP contribution in [0.25, 0.3) is 5.52 Å². The first-order valence-corrected chi connectivity index (χ1v) is 5.71. The second-order valence-corrected chi connectivity index (χ2v) is 4.77. The van der Waals surface area contributed by atoms with Crippen molar-refractivity contribution in [3.8, 4) is 0 Å². The molecule has 4 heteroatoms. The SMILES string of the molecule is O=Cc1nc(C2CC2)n2cc(Br)ccc12. The van der Waals surface area contributed by atoms with Crippen molar-refractivity contribution in [2.75, 3.05) is 0 Å². The minimum Gasteiger partial charge on any atom is -0.302 e. The maximum Gasteiger partial charge on any atom is 0.170 e. The van der Waals surface area contributed by atoms with E-state index < -0.39 is 0 Å². The molecule has 1 aliphatic carbocycles. The van der Waals surface area contributed by atoms with Gasteiger partial charge in [-0.25, -0.2) is 4.98 Å². The molecule has 0 atom stereocenters. The van der Waals surface area contributed by atoms with Gasteiger partial charge in [0.2, 0.25) is 0 Å². The maximum atomic E-state index is 10.9. The zero-order valence-electron chi connectivity index (χ0n) is 7.98. The van der Waals surface area contributed by atoms with E-state index in [-0.39, 0.29) is 0 Å². The molecule has 0 unspecified atom stereocenters. The smallest absolute Gasteiger partial charge is 0.170 e. The molecule has 1 saturated carbocycles. The van der Waals surface area contributed by atoms with Crippen molar-refractivity contribution in [3.05, 3.63) is 34.3 Å². The van der Waals surface area contributed by atoms with Crippen LogP contribution in [-0.4, -0.2) is 15.7 Å². The molecule has 0 N–H and O–H groups in total. The van der Waals surface area contributed by atoms with Gasteiger partial charge in [0, 0.05) is 16.6 Å². The highest BCUT2D eigenvalue weighted by molar-refractivity contribution is 9.10. The topological polar surface area (TPSA) is 34.4 Å². The van der Waals surface area contributed by atoms with Gasteiger partial charge in [-0.1, -0.05) is 0 Å². The van der Waals surface area contributed by atoms with Crippen molar-refractivity contribution in [1.29, 1.82) is 0 Å². The largest absolute Gasteiger partial charge is 0.302 e. The fourth-order valence-corrected chi connectivity index (χ4v) is 2.16. The first-order chi connectivity index (χ1) is 7.29. The molecular weight excluding hydrogens is 256 g/mol. The number of carbonyl (C=O) groups excluding carboxylic acids is 1. The van der Waals surface area contributed by atoms with Crippen LogP contribution in [0.15, 0.2) is 22.8 Å². The number of hydrogen-bond donors (Lipinski definition) is 0. The van der Waals surface area contributed by atoms with Crippen LogP contribution in [-0.2, 0) is 0 Å². The molecule has 1 aliphatic rings. The number of hydrogen-bond acceptors (Lipinski definition) is 2. The molecule has 1 fully saturated rings. The summed E-state index contributed by atoms with van der Waals surface area (Å²) in [5.74, 6) is 1.56. The van der Waals surface area contributed by atoms with Gasteiger partial charge in [0.15, 0.2) is 6.29 Å². The van der Waals surface area contributed by atoms with E-state index in [9.17, 15) is 4.79 Å². The summed E-state index contributed by atoms with van der Waals surface area (Å²) in [5.41, 5.74) is 1.44. The molecule has 0 bridgehead atoms. The summed E-state index contributed by atoms with van der Waals surface area (Å²) < 4.78 is 3.03. The van der Waals surface area contributed by atoms with Crippen LogP contribution in [0.5, 0.6) is 0 Å². The lowest BCUT2D eigenvalue weighted by Crippen LogP contribution is -1.91. The van der Waals surface area contributed by atoms with E-state index >= 15 is 0 Å². The lowest BCUT2D eigenvalue weighted by Gasteiger charge is -1.99. The van der Waals surface area contributed by atoms with Crippen molar-refractivity contribution < 1.29 is 4.79 Å². The number of rotatable bonds is 2. The Morgan fingerprint density at radius 3 is 2.93 bits per heavy atom. The molecule has 0 saturated heterocycles. The number of aromatic nitrogens is 2. The zero-order chi connectivity index (χ0) is 10.4. The van der Waals surface area contributed by atoms with Crippen molar-refractivity contribution >= 4 is 27.7 Å². The van der Waals surface area contributed by atoms with Crippen LogP contribution >= 0.6 is 15.9 Å². The predicted molar refractivity (Wildman–Crippen MR) is 60.3 cm³/mol. The monoisotopic (exact) mass is 264 g/mol. The number of pyridine rings is 1. The highest BCUT2D eigenvalue weighted by Gasteiger charge is 2.29. The van der Waals surface area contributed by atoms with E-state index in [4.69, 9.17) is 0 Å². The molecule has 0 spiro atoms. The lowest BCUT2D eigenvalue weighted by molar-refractivity contribution is 0.112. The van der Waals surface area contributed by atoms with E-state index in [2.05, 4.69) is 20.9 Å². The van der Waals surface area contributed by atoms with Gasteiger partial charge in [-0.3, -0.25) is 4.79 Å². The Morgan fingerprint density at radius 2 is 2.27 bits per heavy atom. The molecule has 0 radical (unpaired) electrons. The number of carbonyl (C=O) groups is 1. The molecule has 15 heavy (non-hydrogen) atoms. The maximum absolute atomic E-state index is 10.9. The van der Waals surface area contributed by atoms with Gasteiger partial charge >= 0.3 is 0 Å². The molecule has 3 nitrogen and oxygen atoms in total. The highest BCUT2D eigenvalue weighted by Crippen LogP contribution is 2.40. The van der Waals surface area contributed by atoms with Gasteiger partial charge in [0.05, 0.1) is 5.52 Å². The van der Waals surface area contributed by atoms with Gasteiger partial charge in [-0.15, -0.1) is 0 Å². The molecule has 3 rings (SSSR count). The second-order valence-electron chi connectivity index (χ2n) is 3.85. The third kappa shape index (κ3) is 1.40. The van der Waals surface area contributed by atoms with Crippen molar-refractivity contribution in [1.82, 2.24) is 9.38 Å². The van der Waals surface area contributed by atoms with Gasteiger partial charge in [0.1, 0.15) is 11.5 Å². The second kappa shape index (κ2) is 3.17. The predicted octanol–water partition coefficient (Wildman–Crippen LogP) is 2.79. The van der Waals surface area contributed by atoms with E-state index in [1.165, 1.54) is 12.8 Å². The molecular formula is C11H9BrN2O. The summed E-state index contributed by atoms with van der Waals surface area (Å²) in [6.45, 7) is 0. The van der Waals surface area contributed by atoms with E-state index in [1.807, 2.05) is 22.7 Å². The molecule has 2 heterocycles. The molecule has 76 valence electrons. The van der Waals surface area contributed by atoms with Crippen LogP contribution in [0.1, 0.15) is 35.1 Å². The number of halogens is 1. The number of nitrogens with zero attached hydrogens (tertiary/aromatic N) is 2. The Hall–Kier alpha value is -1.16. The average Bonchev–Trinajstić information content (AvgIpc) is 3.00. The van der Waals surface area contributed by atoms with E-state index in [1.54, 1.807) is 0 Å². The summed E-state index contributed by atoms with van der Waals surface area (Å²) in [5, 5.41) is 0. The van der Waals surface area contributed by atoms with Gasteiger partial charge in [-0.2, -0.15) is 0 Å². The number of fused-ring (bicyclic) bond motifs is 1. The van der Waals surface area contributed by atoms with Crippen molar-refractivity contribution in [2.45, 2.75) is 18.8 Å². The third-order valence-corrected chi connectivity index (χ3v) is 3.18. The summed E-state index contributed by atoms with van der Waals surface area (Å²) in [6.07, 6.45) is 5.17. The first kappa shape index (κ1) is 9.09. The Balaban J connectivity index is 2.33. The van der Waals surface area contributed by atoms with Crippen LogP contribution in [0.4, 0.5) is 0 Å². The average molecular weight is 265 g/mol. The third-order valence-electron chi connectivity index (χ3n) is 2.71. The van der Waals surface area contributed by atoms with E-state index in [0.29, 0.717) is 11.6 Å². The van der Waals surface area contributed by atoms with Crippen LogP contribution in [0.3, 0.4) is 0 Å². The first-order valence-electron chi connectivity index (χ1n) is 4.92. The fourth-order valence-electron chi connectivity index (χ4n) is 1.82. The Bertz CT molecular complexity index is 543. The van der Waals surface area contributed by atoms with Gasteiger partial charge in [-0.05, 0) is 40.9 Å². The summed E-state index contributed by atoms with van der Waals surface area (Å²) >= 11 is 3.43. The van der Waals surface area contributed by atoms with Crippen LogP contribution in [0, 0.1) is 0 Å². The molecule has 0 aliphatic heterocycles. The highest BCUT2D eigenvalue weighted by atomic mass is 79.9. The minimum atomic E-state index is 0.542. The Kier molecular flexibility index (Phi) is 1.92. The molecule has 2 aromatic rings. The van der Waals surface area contributed by atoms with Crippen molar-refractivity contribution in [2.24, 2.45) is 0 Å². The standard InChI is InChI=1S/C11H9BrN2O/c12-8-3-4-10-9(6-15)13-11(7-1-2-7)14(10)5-8/h3-7H,1-2H2. The Morgan fingerprint density at radius 1 is 1.47 bits per heavy atom. The quantitative estimate of drug-likeness (QED) is 0.782. The molecule has 0 aromatic carbocycles.